The Bertz CT molecular complexity index is 477. The van der Waals surface area contributed by atoms with Crippen molar-refractivity contribution in [3.63, 3.8) is 0 Å². The Morgan fingerprint density at radius 3 is 2.40 bits per heavy atom. The summed E-state index contributed by atoms with van der Waals surface area (Å²) >= 11 is 0. The van der Waals surface area contributed by atoms with Crippen LogP contribution in [0.2, 0.25) is 0 Å². The zero-order chi connectivity index (χ0) is 17.7. The molecular weight excluding hydrogens is 316 g/mol. The Labute approximate surface area is 151 Å². The molecule has 4 heteroatoms. The normalized spacial score (nSPS) is 14.6. The van der Waals surface area contributed by atoms with Gasteiger partial charge in [-0.3, -0.25) is 4.79 Å². The minimum atomic E-state index is -0.183. The molecule has 0 bridgehead atoms. The monoisotopic (exact) mass is 348 g/mol. The first kappa shape index (κ1) is 19.8. The highest BCUT2D eigenvalue weighted by molar-refractivity contribution is 5.65. The molecule has 1 aromatic carbocycles. The van der Waals surface area contributed by atoms with Crippen LogP contribution in [0, 0.1) is 0 Å². The van der Waals surface area contributed by atoms with E-state index in [4.69, 9.17) is 14.2 Å². The van der Waals surface area contributed by atoms with E-state index < -0.39 is 0 Å². The number of hydrogen-bond donors (Lipinski definition) is 0. The minimum Gasteiger partial charge on any atom is -0.468 e. The van der Waals surface area contributed by atoms with Crippen molar-refractivity contribution >= 4 is 5.97 Å². The fourth-order valence-electron chi connectivity index (χ4n) is 3.18. The third kappa shape index (κ3) is 8.92. The summed E-state index contributed by atoms with van der Waals surface area (Å²) in [7, 11) is 0. The fourth-order valence-corrected chi connectivity index (χ4v) is 3.18. The average Bonchev–Trinajstić information content (AvgIpc) is 3.12. The lowest BCUT2D eigenvalue weighted by Gasteiger charge is -2.12. The summed E-state index contributed by atoms with van der Waals surface area (Å²) in [6.07, 6.45) is 12.1. The van der Waals surface area contributed by atoms with Crippen LogP contribution in [0.1, 0.15) is 70.3 Å². The molecule has 1 aromatic rings. The van der Waals surface area contributed by atoms with Gasteiger partial charge in [-0.15, -0.1) is 0 Å². The lowest BCUT2D eigenvalue weighted by atomic mass is 10.1. The van der Waals surface area contributed by atoms with E-state index >= 15 is 0 Å². The van der Waals surface area contributed by atoms with Crippen molar-refractivity contribution in [1.82, 2.24) is 0 Å². The van der Waals surface area contributed by atoms with Gasteiger partial charge < -0.3 is 14.2 Å². The zero-order valence-electron chi connectivity index (χ0n) is 15.5. The first-order valence-electron chi connectivity index (χ1n) is 9.71. The molecule has 0 N–H and O–H groups in total. The lowest BCUT2D eigenvalue weighted by molar-refractivity contribution is -0.141. The first-order valence-corrected chi connectivity index (χ1v) is 9.71. The molecule has 0 heterocycles. The number of esters is 1. The van der Waals surface area contributed by atoms with E-state index in [-0.39, 0.29) is 5.97 Å². The Morgan fingerprint density at radius 2 is 1.68 bits per heavy atom. The molecule has 2 rings (SSSR count). The highest BCUT2D eigenvalue weighted by Crippen LogP contribution is 2.21. The van der Waals surface area contributed by atoms with Crippen LogP contribution in [0.25, 0.3) is 0 Å². The van der Waals surface area contributed by atoms with Crippen LogP contribution in [0.15, 0.2) is 24.3 Å². The van der Waals surface area contributed by atoms with E-state index in [1.165, 1.54) is 57.4 Å². The van der Waals surface area contributed by atoms with Crippen LogP contribution >= 0.6 is 0 Å². The second-order valence-electron chi connectivity index (χ2n) is 6.84. The molecular formula is C21H32O4. The van der Waals surface area contributed by atoms with Crippen LogP contribution in [-0.4, -0.2) is 25.5 Å². The standard InChI is InChI=1S/C21H32O4/c1-18(22)23-16-8-4-2-3-5-9-19-12-14-21(15-13-19)25-17-24-20-10-6-7-11-20/h12-15,20H,2-11,16-17H2,1H3. The van der Waals surface area contributed by atoms with Crippen LogP contribution in [0.5, 0.6) is 5.75 Å². The number of unbranched alkanes of at least 4 members (excludes halogenated alkanes) is 4. The highest BCUT2D eigenvalue weighted by Gasteiger charge is 2.15. The van der Waals surface area contributed by atoms with Crippen LogP contribution in [-0.2, 0) is 20.7 Å². The van der Waals surface area contributed by atoms with Gasteiger partial charge in [-0.2, -0.15) is 0 Å². The fraction of sp³-hybridized carbons (Fsp3) is 0.667. The molecule has 1 fully saturated rings. The predicted octanol–water partition coefficient (Wildman–Crippen LogP) is 5.04. The Morgan fingerprint density at radius 1 is 1.00 bits per heavy atom. The van der Waals surface area contributed by atoms with Crippen molar-refractivity contribution in [1.29, 1.82) is 0 Å². The molecule has 0 unspecified atom stereocenters. The molecule has 0 aromatic heterocycles. The molecule has 1 aliphatic carbocycles. The third-order valence-electron chi connectivity index (χ3n) is 4.67. The van der Waals surface area contributed by atoms with Crippen LogP contribution < -0.4 is 4.74 Å². The Kier molecular flexibility index (Phi) is 9.42. The summed E-state index contributed by atoms with van der Waals surface area (Å²) < 4.78 is 16.3. The van der Waals surface area contributed by atoms with Crippen LogP contribution in [0.4, 0.5) is 0 Å². The molecule has 0 amide bonds. The van der Waals surface area contributed by atoms with E-state index in [0.29, 0.717) is 19.5 Å². The quantitative estimate of drug-likeness (QED) is 0.302. The van der Waals surface area contributed by atoms with Gasteiger partial charge in [0.05, 0.1) is 12.7 Å². The van der Waals surface area contributed by atoms with Crippen molar-refractivity contribution in [2.24, 2.45) is 0 Å². The number of carbonyl (C=O) groups excluding carboxylic acids is 1. The lowest BCUT2D eigenvalue weighted by Crippen LogP contribution is -2.12. The van der Waals surface area contributed by atoms with E-state index in [2.05, 4.69) is 12.1 Å². The van der Waals surface area contributed by atoms with Crippen molar-refractivity contribution in [3.8, 4) is 5.75 Å². The van der Waals surface area contributed by atoms with Crippen molar-refractivity contribution in [2.45, 2.75) is 77.2 Å². The summed E-state index contributed by atoms with van der Waals surface area (Å²) in [6.45, 7) is 2.37. The second-order valence-corrected chi connectivity index (χ2v) is 6.84. The maximum Gasteiger partial charge on any atom is 0.302 e. The summed E-state index contributed by atoms with van der Waals surface area (Å²) in [4.78, 5) is 10.6. The number of benzene rings is 1. The first-order chi connectivity index (χ1) is 12.2. The second kappa shape index (κ2) is 11.9. The largest absolute Gasteiger partial charge is 0.468 e. The maximum atomic E-state index is 10.6. The van der Waals surface area contributed by atoms with Crippen molar-refractivity contribution < 1.29 is 19.0 Å². The van der Waals surface area contributed by atoms with Crippen LogP contribution in [0.3, 0.4) is 0 Å². The SMILES string of the molecule is CC(=O)OCCCCCCCc1ccc(OCOC2CCCC2)cc1. The van der Waals surface area contributed by atoms with Gasteiger partial charge in [0.15, 0.2) is 6.79 Å². The number of aryl methyl sites for hydroxylation is 1. The van der Waals surface area contributed by atoms with Gasteiger partial charge in [0, 0.05) is 6.92 Å². The van der Waals surface area contributed by atoms with Gasteiger partial charge in [-0.05, 0) is 49.8 Å². The summed E-state index contributed by atoms with van der Waals surface area (Å²) in [6, 6.07) is 8.36. The smallest absolute Gasteiger partial charge is 0.302 e. The van der Waals surface area contributed by atoms with E-state index in [9.17, 15) is 4.79 Å². The predicted molar refractivity (Wildman–Crippen MR) is 98.7 cm³/mol. The topological polar surface area (TPSA) is 44.8 Å². The minimum absolute atomic E-state index is 0.183. The maximum absolute atomic E-state index is 10.6. The molecule has 0 aliphatic heterocycles. The summed E-state index contributed by atoms with van der Waals surface area (Å²) in [5.74, 6) is 0.699. The molecule has 1 saturated carbocycles. The van der Waals surface area contributed by atoms with Gasteiger partial charge in [-0.1, -0.05) is 44.2 Å². The van der Waals surface area contributed by atoms with Gasteiger partial charge in [0.2, 0.25) is 0 Å². The molecule has 140 valence electrons. The molecule has 0 spiro atoms. The molecule has 0 radical (unpaired) electrons. The number of carbonyl (C=O) groups is 1. The average molecular weight is 348 g/mol. The van der Waals surface area contributed by atoms with Crippen molar-refractivity contribution in [3.05, 3.63) is 29.8 Å². The van der Waals surface area contributed by atoms with Gasteiger partial charge in [-0.25, -0.2) is 0 Å². The number of hydrogen-bond acceptors (Lipinski definition) is 4. The van der Waals surface area contributed by atoms with E-state index in [1.54, 1.807) is 0 Å². The Hall–Kier alpha value is -1.55. The highest BCUT2D eigenvalue weighted by atomic mass is 16.7. The summed E-state index contributed by atoms with van der Waals surface area (Å²) in [5, 5.41) is 0. The molecule has 0 atom stereocenters. The van der Waals surface area contributed by atoms with Gasteiger partial charge in [0.25, 0.3) is 0 Å². The van der Waals surface area contributed by atoms with Crippen molar-refractivity contribution in [2.75, 3.05) is 13.4 Å². The van der Waals surface area contributed by atoms with Gasteiger partial charge >= 0.3 is 5.97 Å². The van der Waals surface area contributed by atoms with E-state index in [1.807, 2.05) is 12.1 Å². The molecule has 4 nitrogen and oxygen atoms in total. The molecule has 0 saturated heterocycles. The number of rotatable bonds is 12. The molecule has 25 heavy (non-hydrogen) atoms. The third-order valence-corrected chi connectivity index (χ3v) is 4.67. The zero-order valence-corrected chi connectivity index (χ0v) is 15.5. The van der Waals surface area contributed by atoms with Gasteiger partial charge in [0.1, 0.15) is 5.75 Å². The van der Waals surface area contributed by atoms with E-state index in [0.717, 1.165) is 25.0 Å². The molecule has 1 aliphatic rings. The summed E-state index contributed by atoms with van der Waals surface area (Å²) in [5.41, 5.74) is 1.35. The Balaban J connectivity index is 1.49. The number of ether oxygens (including phenoxy) is 3.